The van der Waals surface area contributed by atoms with E-state index in [1.165, 1.54) is 37.0 Å². The number of hydrogen-bond donors (Lipinski definition) is 0. The predicted octanol–water partition coefficient (Wildman–Crippen LogP) is 8.65. The Kier molecular flexibility index (Phi) is 6.68. The molecule has 0 spiro atoms. The zero-order chi connectivity index (χ0) is 22.5. The molecule has 0 amide bonds. The molecule has 0 aliphatic rings. The van der Waals surface area contributed by atoms with Crippen molar-refractivity contribution >= 4 is 22.6 Å². The molecule has 0 atom stereocenters. The molecule has 160 valence electrons. The van der Waals surface area contributed by atoms with Crippen LogP contribution in [0, 0.1) is 3.57 Å². The van der Waals surface area contributed by atoms with E-state index in [2.05, 4.69) is 162 Å². The van der Waals surface area contributed by atoms with Gasteiger partial charge in [0.2, 0.25) is 0 Å². The van der Waals surface area contributed by atoms with Crippen LogP contribution < -0.4 is 0 Å². The average molecular weight is 536 g/mol. The van der Waals surface area contributed by atoms with Crippen molar-refractivity contribution in [1.82, 2.24) is 0 Å². The van der Waals surface area contributed by atoms with Crippen molar-refractivity contribution in [2.24, 2.45) is 0 Å². The van der Waals surface area contributed by atoms with Crippen LogP contribution in [0.25, 0.3) is 0 Å². The van der Waals surface area contributed by atoms with Crippen LogP contribution in [-0.2, 0) is 0 Å². The summed E-state index contributed by atoms with van der Waals surface area (Å²) in [5, 5.41) is 0. The summed E-state index contributed by atoms with van der Waals surface area (Å²) >= 11 is 2.58. The van der Waals surface area contributed by atoms with Gasteiger partial charge in [0.1, 0.15) is 0 Å². The Balaban J connectivity index is 1.70. The van der Waals surface area contributed by atoms with E-state index in [-0.39, 0.29) is 11.8 Å². The number of hydrogen-bond acceptors (Lipinski definition) is 0. The molecular weight excluding hydrogens is 511 g/mol. The summed E-state index contributed by atoms with van der Waals surface area (Å²) in [6.45, 7) is 0. The van der Waals surface area contributed by atoms with Gasteiger partial charge in [0, 0.05) is 15.4 Å². The smallest absolute Gasteiger partial charge is 0.0350 e. The minimum atomic E-state index is 0.187. The minimum absolute atomic E-state index is 0.187. The highest BCUT2D eigenvalue weighted by molar-refractivity contribution is 14.1. The molecule has 1 heteroatoms. The maximum absolute atomic E-state index is 2.58. The lowest BCUT2D eigenvalue weighted by Crippen LogP contribution is -2.10. The largest absolute Gasteiger partial charge is 0.0622 e. The Labute approximate surface area is 210 Å². The molecule has 0 aromatic heterocycles. The molecule has 5 rings (SSSR count). The Morgan fingerprint density at radius 3 is 0.879 bits per heavy atom. The number of benzene rings is 5. The quantitative estimate of drug-likeness (QED) is 0.151. The number of rotatable bonds is 6. The van der Waals surface area contributed by atoms with E-state index in [1.54, 1.807) is 0 Å². The van der Waals surface area contributed by atoms with Gasteiger partial charge in [0.05, 0.1) is 0 Å². The van der Waals surface area contributed by atoms with E-state index < -0.39 is 0 Å². The van der Waals surface area contributed by atoms with Crippen LogP contribution in [0.15, 0.2) is 140 Å². The molecule has 0 N–H and O–H groups in total. The van der Waals surface area contributed by atoms with Crippen molar-refractivity contribution < 1.29 is 0 Å². The van der Waals surface area contributed by atoms with Gasteiger partial charge < -0.3 is 0 Å². The SMILES string of the molecule is Ic1c(C(c2ccccc2)c2ccccc2)cccc1C(c1ccccc1)c1ccccc1. The summed E-state index contributed by atoms with van der Waals surface area (Å²) in [5.41, 5.74) is 7.96. The summed E-state index contributed by atoms with van der Waals surface area (Å²) in [6, 6.07) is 50.2. The third kappa shape index (κ3) is 4.65. The van der Waals surface area contributed by atoms with Gasteiger partial charge in [-0.2, -0.15) is 0 Å². The van der Waals surface area contributed by atoms with E-state index >= 15 is 0 Å². The summed E-state index contributed by atoms with van der Waals surface area (Å²) in [7, 11) is 0. The van der Waals surface area contributed by atoms with Gasteiger partial charge in [0.25, 0.3) is 0 Å². The maximum Gasteiger partial charge on any atom is 0.0350 e. The van der Waals surface area contributed by atoms with Crippen molar-refractivity contribution in [2.75, 3.05) is 0 Å². The maximum atomic E-state index is 2.58. The summed E-state index contributed by atoms with van der Waals surface area (Å²) in [5.74, 6) is 0.373. The molecule has 0 bridgehead atoms. The normalized spacial score (nSPS) is 11.1. The summed E-state index contributed by atoms with van der Waals surface area (Å²) in [6.07, 6.45) is 0. The highest BCUT2D eigenvalue weighted by Crippen LogP contribution is 2.40. The zero-order valence-corrected chi connectivity index (χ0v) is 20.5. The van der Waals surface area contributed by atoms with Crippen LogP contribution in [0.2, 0.25) is 0 Å². The molecule has 0 saturated carbocycles. The molecule has 0 aliphatic heterocycles. The topological polar surface area (TPSA) is 0 Å². The fourth-order valence-electron chi connectivity index (χ4n) is 4.70. The van der Waals surface area contributed by atoms with Crippen molar-refractivity contribution in [3.8, 4) is 0 Å². The van der Waals surface area contributed by atoms with E-state index in [1.807, 2.05) is 0 Å². The van der Waals surface area contributed by atoms with Gasteiger partial charge in [-0.15, -0.1) is 0 Å². The van der Waals surface area contributed by atoms with Crippen molar-refractivity contribution in [2.45, 2.75) is 11.8 Å². The molecule has 5 aromatic carbocycles. The van der Waals surface area contributed by atoms with Gasteiger partial charge in [-0.05, 0) is 56.0 Å². The molecule has 0 heterocycles. The van der Waals surface area contributed by atoms with Crippen LogP contribution in [0.3, 0.4) is 0 Å². The average Bonchev–Trinajstić information content (AvgIpc) is 2.89. The fourth-order valence-corrected chi connectivity index (χ4v) is 5.68. The fraction of sp³-hybridized carbons (Fsp3) is 0.0625. The Bertz CT molecular complexity index is 1120. The lowest BCUT2D eigenvalue weighted by atomic mass is 9.80. The van der Waals surface area contributed by atoms with Crippen LogP contribution in [0.4, 0.5) is 0 Å². The second-order valence-corrected chi connectivity index (χ2v) is 9.34. The first-order valence-electron chi connectivity index (χ1n) is 11.3. The van der Waals surface area contributed by atoms with Crippen LogP contribution in [0.1, 0.15) is 45.2 Å². The number of halogens is 1. The Hall–Kier alpha value is -3.17. The highest BCUT2D eigenvalue weighted by Gasteiger charge is 2.24. The second-order valence-electron chi connectivity index (χ2n) is 8.26. The van der Waals surface area contributed by atoms with Crippen LogP contribution in [0.5, 0.6) is 0 Å². The van der Waals surface area contributed by atoms with Crippen molar-refractivity contribution in [3.63, 3.8) is 0 Å². The van der Waals surface area contributed by atoms with E-state index in [9.17, 15) is 0 Å². The first kappa shape index (κ1) is 21.7. The molecular formula is C32H25I. The minimum Gasteiger partial charge on any atom is -0.0622 e. The van der Waals surface area contributed by atoms with Crippen LogP contribution in [-0.4, -0.2) is 0 Å². The monoisotopic (exact) mass is 536 g/mol. The van der Waals surface area contributed by atoms with Gasteiger partial charge in [-0.1, -0.05) is 140 Å². The highest BCUT2D eigenvalue weighted by atomic mass is 127. The third-order valence-electron chi connectivity index (χ3n) is 6.21. The molecule has 33 heavy (non-hydrogen) atoms. The van der Waals surface area contributed by atoms with Gasteiger partial charge in [-0.25, -0.2) is 0 Å². The van der Waals surface area contributed by atoms with Crippen molar-refractivity contribution in [1.29, 1.82) is 0 Å². The Morgan fingerprint density at radius 2 is 0.606 bits per heavy atom. The summed E-state index contributed by atoms with van der Waals surface area (Å²) < 4.78 is 1.32. The molecule has 0 aliphatic carbocycles. The predicted molar refractivity (Wildman–Crippen MR) is 147 cm³/mol. The summed E-state index contributed by atoms with van der Waals surface area (Å²) in [4.78, 5) is 0. The second kappa shape index (κ2) is 10.2. The standard InChI is InChI=1S/C32H25I/c33-32-28(30(24-14-5-1-6-15-24)25-16-7-2-8-17-25)22-13-23-29(32)31(26-18-9-3-10-19-26)27-20-11-4-12-21-27/h1-23,30-31H. The van der Waals surface area contributed by atoms with Gasteiger partial charge in [0.15, 0.2) is 0 Å². The molecule has 5 aromatic rings. The first-order chi connectivity index (χ1) is 16.3. The van der Waals surface area contributed by atoms with Gasteiger partial charge >= 0.3 is 0 Å². The zero-order valence-electron chi connectivity index (χ0n) is 18.3. The lowest BCUT2D eigenvalue weighted by molar-refractivity contribution is 0.926. The van der Waals surface area contributed by atoms with Crippen LogP contribution >= 0.6 is 22.6 Å². The first-order valence-corrected chi connectivity index (χ1v) is 12.4. The Morgan fingerprint density at radius 1 is 0.333 bits per heavy atom. The van der Waals surface area contributed by atoms with Crippen molar-refractivity contribution in [3.05, 3.63) is 176 Å². The third-order valence-corrected chi connectivity index (χ3v) is 7.46. The molecule has 0 saturated heterocycles. The molecule has 0 unspecified atom stereocenters. The molecule has 0 fully saturated rings. The molecule has 0 nitrogen and oxygen atoms in total. The van der Waals surface area contributed by atoms with E-state index in [0.29, 0.717) is 0 Å². The van der Waals surface area contributed by atoms with E-state index in [4.69, 9.17) is 0 Å². The van der Waals surface area contributed by atoms with E-state index in [0.717, 1.165) is 0 Å². The molecule has 0 radical (unpaired) electrons. The van der Waals surface area contributed by atoms with Gasteiger partial charge in [-0.3, -0.25) is 0 Å². The lowest BCUT2D eigenvalue weighted by Gasteiger charge is -2.25.